The Balaban J connectivity index is 1.63. The van der Waals surface area contributed by atoms with Crippen LogP contribution in [0, 0.1) is 5.92 Å². The lowest BCUT2D eigenvalue weighted by Gasteiger charge is -2.19. The normalized spacial score (nSPS) is 14.4. The number of benzene rings is 1. The standard InChI is InChI=1S/C14H20N2O/c1-16(13-6-3-2-4-7-13)11-5-10-15-14(17)12-8-9-12/h2-4,6-7,12H,5,8-11H2,1H3,(H,15,17). The number of para-hydroxylation sites is 1. The third-order valence-electron chi connectivity index (χ3n) is 3.11. The zero-order valence-electron chi connectivity index (χ0n) is 10.4. The minimum atomic E-state index is 0.243. The van der Waals surface area contributed by atoms with Crippen LogP contribution in [0.2, 0.25) is 0 Å². The Morgan fingerprint density at radius 1 is 1.35 bits per heavy atom. The van der Waals surface area contributed by atoms with Crippen molar-refractivity contribution >= 4 is 11.6 Å². The molecule has 1 saturated carbocycles. The molecule has 0 aliphatic heterocycles. The van der Waals surface area contributed by atoms with E-state index in [4.69, 9.17) is 0 Å². The summed E-state index contributed by atoms with van der Waals surface area (Å²) in [6, 6.07) is 10.3. The van der Waals surface area contributed by atoms with E-state index in [9.17, 15) is 4.79 Å². The van der Waals surface area contributed by atoms with Crippen LogP contribution < -0.4 is 10.2 Å². The molecule has 3 nitrogen and oxygen atoms in total. The van der Waals surface area contributed by atoms with Gasteiger partial charge in [-0.1, -0.05) is 18.2 Å². The highest BCUT2D eigenvalue weighted by atomic mass is 16.2. The van der Waals surface area contributed by atoms with Gasteiger partial charge in [-0.25, -0.2) is 0 Å². The molecule has 1 aromatic rings. The topological polar surface area (TPSA) is 32.3 Å². The van der Waals surface area contributed by atoms with E-state index in [0.29, 0.717) is 5.92 Å². The molecule has 0 aromatic heterocycles. The van der Waals surface area contributed by atoms with Gasteiger partial charge >= 0.3 is 0 Å². The molecule has 92 valence electrons. The summed E-state index contributed by atoms with van der Waals surface area (Å²) in [5.74, 6) is 0.564. The van der Waals surface area contributed by atoms with Gasteiger partial charge in [0.2, 0.25) is 5.91 Å². The van der Waals surface area contributed by atoms with Crippen LogP contribution in [0.4, 0.5) is 5.69 Å². The minimum Gasteiger partial charge on any atom is -0.375 e. The summed E-state index contributed by atoms with van der Waals surface area (Å²) in [5.41, 5.74) is 1.22. The van der Waals surface area contributed by atoms with Gasteiger partial charge in [0.25, 0.3) is 0 Å². The van der Waals surface area contributed by atoms with Crippen molar-refractivity contribution in [1.29, 1.82) is 0 Å². The molecule has 0 spiro atoms. The monoisotopic (exact) mass is 232 g/mol. The molecule has 0 heterocycles. The smallest absolute Gasteiger partial charge is 0.223 e. The maximum Gasteiger partial charge on any atom is 0.223 e. The van der Waals surface area contributed by atoms with Crippen LogP contribution in [0.3, 0.4) is 0 Å². The first-order chi connectivity index (χ1) is 8.27. The third-order valence-corrected chi connectivity index (χ3v) is 3.11. The molecule has 0 unspecified atom stereocenters. The van der Waals surface area contributed by atoms with Crippen LogP contribution in [0.1, 0.15) is 19.3 Å². The van der Waals surface area contributed by atoms with Gasteiger partial charge in [-0.05, 0) is 31.4 Å². The number of nitrogens with zero attached hydrogens (tertiary/aromatic N) is 1. The fraction of sp³-hybridized carbons (Fsp3) is 0.500. The van der Waals surface area contributed by atoms with Crippen molar-refractivity contribution in [3.05, 3.63) is 30.3 Å². The van der Waals surface area contributed by atoms with Gasteiger partial charge in [0.05, 0.1) is 0 Å². The van der Waals surface area contributed by atoms with E-state index in [1.165, 1.54) is 5.69 Å². The van der Waals surface area contributed by atoms with Crippen LogP contribution >= 0.6 is 0 Å². The van der Waals surface area contributed by atoms with Crippen molar-refractivity contribution in [2.24, 2.45) is 5.92 Å². The molecule has 2 rings (SSSR count). The molecule has 0 atom stereocenters. The number of hydrogen-bond donors (Lipinski definition) is 1. The summed E-state index contributed by atoms with van der Waals surface area (Å²) in [5, 5.41) is 2.99. The second-order valence-corrected chi connectivity index (χ2v) is 4.68. The number of amides is 1. The summed E-state index contributed by atoms with van der Waals surface area (Å²) in [6.07, 6.45) is 3.15. The highest BCUT2D eigenvalue weighted by molar-refractivity contribution is 5.80. The van der Waals surface area contributed by atoms with Gasteiger partial charge in [0, 0.05) is 31.7 Å². The van der Waals surface area contributed by atoms with E-state index in [-0.39, 0.29) is 5.91 Å². The Morgan fingerprint density at radius 3 is 2.71 bits per heavy atom. The zero-order valence-corrected chi connectivity index (χ0v) is 10.4. The number of nitrogens with one attached hydrogen (secondary N) is 1. The van der Waals surface area contributed by atoms with Crippen molar-refractivity contribution < 1.29 is 4.79 Å². The van der Waals surface area contributed by atoms with E-state index >= 15 is 0 Å². The number of carbonyl (C=O) groups is 1. The molecule has 3 heteroatoms. The molecule has 1 aliphatic carbocycles. The van der Waals surface area contributed by atoms with E-state index in [1.807, 2.05) is 18.2 Å². The maximum absolute atomic E-state index is 11.4. The zero-order chi connectivity index (χ0) is 12.1. The average Bonchev–Trinajstić information content (AvgIpc) is 3.19. The second kappa shape index (κ2) is 5.71. The highest BCUT2D eigenvalue weighted by Crippen LogP contribution is 2.28. The second-order valence-electron chi connectivity index (χ2n) is 4.68. The van der Waals surface area contributed by atoms with Crippen LogP contribution in [0.15, 0.2) is 30.3 Å². The molecule has 0 radical (unpaired) electrons. The van der Waals surface area contributed by atoms with E-state index in [2.05, 4.69) is 29.4 Å². The predicted molar refractivity (Wildman–Crippen MR) is 70.1 cm³/mol. The van der Waals surface area contributed by atoms with Crippen molar-refractivity contribution in [2.45, 2.75) is 19.3 Å². The van der Waals surface area contributed by atoms with Crippen LogP contribution in [-0.2, 0) is 4.79 Å². The molecule has 17 heavy (non-hydrogen) atoms. The highest BCUT2D eigenvalue weighted by Gasteiger charge is 2.28. The first kappa shape index (κ1) is 12.0. The summed E-state index contributed by atoms with van der Waals surface area (Å²) in [6.45, 7) is 1.75. The van der Waals surface area contributed by atoms with Crippen molar-refractivity contribution in [3.63, 3.8) is 0 Å². The number of hydrogen-bond acceptors (Lipinski definition) is 2. The van der Waals surface area contributed by atoms with Crippen molar-refractivity contribution in [1.82, 2.24) is 5.32 Å². The lowest BCUT2D eigenvalue weighted by Crippen LogP contribution is -2.29. The van der Waals surface area contributed by atoms with Gasteiger partial charge in [-0.15, -0.1) is 0 Å². The molecular weight excluding hydrogens is 212 g/mol. The van der Waals surface area contributed by atoms with Gasteiger partial charge in [0.15, 0.2) is 0 Å². The Morgan fingerprint density at radius 2 is 2.06 bits per heavy atom. The minimum absolute atomic E-state index is 0.243. The van der Waals surface area contributed by atoms with Gasteiger partial charge < -0.3 is 10.2 Å². The van der Waals surface area contributed by atoms with Gasteiger partial charge in [-0.3, -0.25) is 4.79 Å². The average molecular weight is 232 g/mol. The van der Waals surface area contributed by atoms with E-state index < -0.39 is 0 Å². The largest absolute Gasteiger partial charge is 0.375 e. The number of anilines is 1. The van der Waals surface area contributed by atoms with Gasteiger partial charge in [-0.2, -0.15) is 0 Å². The molecule has 1 aromatic carbocycles. The molecular formula is C14H20N2O. The summed E-state index contributed by atoms with van der Waals surface area (Å²) >= 11 is 0. The molecule has 1 aliphatic rings. The Hall–Kier alpha value is -1.51. The van der Waals surface area contributed by atoms with E-state index in [0.717, 1.165) is 32.4 Å². The molecule has 1 N–H and O–H groups in total. The summed E-state index contributed by atoms with van der Waals surface area (Å²) in [7, 11) is 2.08. The van der Waals surface area contributed by atoms with Gasteiger partial charge in [0.1, 0.15) is 0 Å². The third kappa shape index (κ3) is 3.77. The fourth-order valence-corrected chi connectivity index (χ4v) is 1.83. The molecule has 1 amide bonds. The maximum atomic E-state index is 11.4. The lowest BCUT2D eigenvalue weighted by molar-refractivity contribution is -0.122. The first-order valence-electron chi connectivity index (χ1n) is 6.31. The Bertz CT molecular complexity index is 360. The van der Waals surface area contributed by atoms with Crippen molar-refractivity contribution in [3.8, 4) is 0 Å². The predicted octanol–water partition coefficient (Wildman–Crippen LogP) is 2.04. The fourth-order valence-electron chi connectivity index (χ4n) is 1.83. The first-order valence-corrected chi connectivity index (χ1v) is 6.31. The summed E-state index contributed by atoms with van der Waals surface area (Å²) in [4.78, 5) is 13.6. The summed E-state index contributed by atoms with van der Waals surface area (Å²) < 4.78 is 0. The van der Waals surface area contributed by atoms with E-state index in [1.54, 1.807) is 0 Å². The van der Waals surface area contributed by atoms with Crippen LogP contribution in [-0.4, -0.2) is 26.0 Å². The molecule has 0 saturated heterocycles. The Kier molecular flexibility index (Phi) is 4.02. The molecule has 0 bridgehead atoms. The molecule has 1 fully saturated rings. The number of carbonyl (C=O) groups excluding carboxylic acids is 1. The van der Waals surface area contributed by atoms with Crippen LogP contribution in [0.25, 0.3) is 0 Å². The lowest BCUT2D eigenvalue weighted by atomic mass is 10.3. The quantitative estimate of drug-likeness (QED) is 0.761. The Labute approximate surface area is 103 Å². The van der Waals surface area contributed by atoms with Crippen LogP contribution in [0.5, 0.6) is 0 Å². The van der Waals surface area contributed by atoms with Crippen molar-refractivity contribution in [2.75, 3.05) is 25.0 Å². The number of rotatable bonds is 6. The SMILES string of the molecule is CN(CCCNC(=O)C1CC1)c1ccccc1.